The Labute approximate surface area is 204 Å². The van der Waals surface area contributed by atoms with E-state index in [2.05, 4.69) is 52.3 Å². The number of aromatic nitrogens is 1. The zero-order valence-electron chi connectivity index (χ0n) is 19.0. The summed E-state index contributed by atoms with van der Waals surface area (Å²) in [4.78, 5) is 6.59. The van der Waals surface area contributed by atoms with Crippen molar-refractivity contribution in [2.75, 3.05) is 23.7 Å². The lowest BCUT2D eigenvalue weighted by atomic mass is 10.1. The normalized spacial score (nSPS) is 16.4. The molecule has 0 aliphatic carbocycles. The minimum atomic E-state index is -3.67. The van der Waals surface area contributed by atoms with Crippen molar-refractivity contribution in [2.45, 2.75) is 30.5 Å². The van der Waals surface area contributed by atoms with E-state index in [0.29, 0.717) is 12.3 Å². The first-order valence-electron chi connectivity index (χ1n) is 11.4. The summed E-state index contributed by atoms with van der Waals surface area (Å²) >= 11 is 0. The number of para-hydroxylation sites is 1. The summed E-state index contributed by atoms with van der Waals surface area (Å²) in [5, 5.41) is 11.2. The van der Waals surface area contributed by atoms with Crippen molar-refractivity contribution in [2.24, 2.45) is 0 Å². The Balaban J connectivity index is 0.000000672. The van der Waals surface area contributed by atoms with Gasteiger partial charge < -0.3 is 15.0 Å². The number of aryl methyl sites for hydroxylation is 1. The fourth-order valence-corrected chi connectivity index (χ4v) is 5.43. The van der Waals surface area contributed by atoms with Crippen molar-refractivity contribution in [3.05, 3.63) is 84.4 Å². The number of aromatic amines is 1. The molecule has 1 saturated heterocycles. The molecule has 2 unspecified atom stereocenters. The lowest BCUT2D eigenvalue weighted by molar-refractivity contribution is 0.00819. The van der Waals surface area contributed by atoms with E-state index >= 15 is 0 Å². The molecule has 2 N–H and O–H groups in total. The monoisotopic (exact) mass is 500 g/mol. The van der Waals surface area contributed by atoms with Gasteiger partial charge in [0.25, 0.3) is 0 Å². The molecule has 0 spiro atoms. The Hall–Kier alpha value is -3.10. The first-order valence-corrected chi connectivity index (χ1v) is 12.7. The number of hydrogen-bond donors (Lipinski definition) is 2. The molecule has 0 amide bonds. The lowest BCUT2D eigenvalue weighted by Gasteiger charge is -2.22. The third kappa shape index (κ3) is 6.52. The number of H-pyrrole nitrogens is 1. The van der Waals surface area contributed by atoms with E-state index in [1.54, 1.807) is 0 Å². The van der Waals surface area contributed by atoms with Gasteiger partial charge in [0, 0.05) is 51.6 Å². The van der Waals surface area contributed by atoms with Crippen LogP contribution in [0.2, 0.25) is 0 Å². The molecule has 3 aromatic carbocycles. The van der Waals surface area contributed by atoms with Crippen LogP contribution in [0.3, 0.4) is 0 Å². The number of nitrogens with zero attached hydrogens (tertiary/aromatic N) is 1. The van der Waals surface area contributed by atoms with Gasteiger partial charge in [0.1, 0.15) is 0 Å². The molecule has 35 heavy (non-hydrogen) atoms. The van der Waals surface area contributed by atoms with Crippen LogP contribution in [-0.4, -0.2) is 45.9 Å². The average molecular weight is 501 g/mol. The van der Waals surface area contributed by atoms with Crippen LogP contribution in [0, 0.1) is 0 Å². The topological polar surface area (TPSA) is 56.3 Å². The number of aliphatic hydroxyl groups excluding tert-OH is 1. The third-order valence-electron chi connectivity index (χ3n) is 5.97. The summed E-state index contributed by atoms with van der Waals surface area (Å²) in [7, 11) is -1.08. The lowest BCUT2D eigenvalue weighted by Crippen LogP contribution is -2.22. The van der Waals surface area contributed by atoms with Crippen molar-refractivity contribution < 1.29 is 22.5 Å². The molecule has 5 rings (SSSR count). The Bertz CT molecular complexity index is 1240. The standard InChI is InChI=1S/C26H26N2O2S.CHF3/c29-21-12-14-28(18-21)26-11-10-22(31(30)15-13-19-6-2-1-3-7-19)17-23(26)25-16-20-8-4-5-9-24(20)27-25;2-1(3)4/h1-11,16-17,21,27,29H,12-15,18H2;1H. The van der Waals surface area contributed by atoms with Crippen LogP contribution in [0.15, 0.2) is 83.8 Å². The van der Waals surface area contributed by atoms with Crippen molar-refractivity contribution in [1.29, 1.82) is 0 Å². The van der Waals surface area contributed by atoms with Gasteiger partial charge in [0.2, 0.25) is 0 Å². The SMILES string of the molecule is FC(F)F.O=S(CCc1ccccc1)c1ccc(N2CCC(O)C2)c(-c2cc3ccccc3[nH]2)c1. The molecule has 1 aromatic heterocycles. The smallest absolute Gasteiger partial charge is 0.379 e. The van der Waals surface area contributed by atoms with E-state index in [4.69, 9.17) is 0 Å². The molecule has 4 nitrogen and oxygen atoms in total. The second kappa shape index (κ2) is 11.6. The van der Waals surface area contributed by atoms with Crippen LogP contribution in [0.1, 0.15) is 12.0 Å². The molecule has 0 bridgehead atoms. The highest BCUT2D eigenvalue weighted by Gasteiger charge is 2.24. The molecule has 184 valence electrons. The number of nitrogens with one attached hydrogen (secondary N) is 1. The van der Waals surface area contributed by atoms with E-state index in [1.807, 2.05) is 36.4 Å². The number of fused-ring (bicyclic) bond motifs is 1. The first kappa shape index (κ1) is 25.0. The highest BCUT2D eigenvalue weighted by Crippen LogP contribution is 2.36. The Morgan fingerprint density at radius 1 is 1.00 bits per heavy atom. The maximum Gasteiger partial charge on any atom is 0.379 e. The zero-order chi connectivity index (χ0) is 24.8. The van der Waals surface area contributed by atoms with E-state index in [9.17, 15) is 22.5 Å². The van der Waals surface area contributed by atoms with Crippen LogP contribution in [0.5, 0.6) is 0 Å². The van der Waals surface area contributed by atoms with E-state index in [0.717, 1.165) is 52.1 Å². The number of β-amino-alcohol motifs (C(OH)–C–C–N with tert-alkyl or cyclic N) is 1. The van der Waals surface area contributed by atoms with E-state index in [-0.39, 0.29) is 6.10 Å². The molecule has 8 heteroatoms. The second-order valence-electron chi connectivity index (χ2n) is 8.37. The number of benzene rings is 3. The molecule has 1 aliphatic heterocycles. The minimum Gasteiger partial charge on any atom is -0.391 e. The Morgan fingerprint density at radius 3 is 2.40 bits per heavy atom. The Morgan fingerprint density at radius 2 is 1.71 bits per heavy atom. The van der Waals surface area contributed by atoms with Crippen molar-refractivity contribution in [1.82, 2.24) is 4.98 Å². The van der Waals surface area contributed by atoms with Crippen LogP contribution in [0.4, 0.5) is 18.9 Å². The van der Waals surface area contributed by atoms with Crippen LogP contribution >= 0.6 is 0 Å². The van der Waals surface area contributed by atoms with E-state index < -0.39 is 17.5 Å². The molecule has 0 saturated carbocycles. The zero-order valence-corrected chi connectivity index (χ0v) is 19.9. The largest absolute Gasteiger partial charge is 0.391 e. The van der Waals surface area contributed by atoms with Gasteiger partial charge in [-0.25, -0.2) is 0 Å². The van der Waals surface area contributed by atoms with Gasteiger partial charge >= 0.3 is 6.68 Å². The van der Waals surface area contributed by atoms with Crippen molar-refractivity contribution in [3.8, 4) is 11.3 Å². The van der Waals surface area contributed by atoms with Crippen LogP contribution in [0.25, 0.3) is 22.2 Å². The fraction of sp³-hybridized carbons (Fsp3) is 0.259. The van der Waals surface area contributed by atoms with Gasteiger partial charge in [-0.1, -0.05) is 48.5 Å². The molecule has 2 heterocycles. The molecular formula is C27H27F3N2O2S. The van der Waals surface area contributed by atoms with Gasteiger partial charge in [-0.05, 0) is 48.7 Å². The third-order valence-corrected chi connectivity index (χ3v) is 7.33. The summed E-state index contributed by atoms with van der Waals surface area (Å²) in [5.74, 6) is 0.595. The molecule has 1 aliphatic rings. The van der Waals surface area contributed by atoms with E-state index in [1.165, 1.54) is 5.56 Å². The quantitative estimate of drug-likeness (QED) is 0.345. The van der Waals surface area contributed by atoms with Gasteiger partial charge in [0.05, 0.1) is 16.9 Å². The summed E-state index contributed by atoms with van der Waals surface area (Å²) in [5.41, 5.74) is 5.41. The summed E-state index contributed by atoms with van der Waals surface area (Å²) < 4.78 is 42.1. The average Bonchev–Trinajstić information content (AvgIpc) is 3.48. The molecule has 2 atom stereocenters. The number of alkyl halides is 3. The summed E-state index contributed by atoms with van der Waals surface area (Å²) in [6.07, 6.45) is 1.27. The number of aliphatic hydroxyl groups is 1. The number of halogens is 3. The van der Waals surface area contributed by atoms with Gasteiger partial charge in [-0.2, -0.15) is 13.2 Å². The molecule has 1 fully saturated rings. The Kier molecular flexibility index (Phi) is 8.25. The second-order valence-corrected chi connectivity index (χ2v) is 9.94. The highest BCUT2D eigenvalue weighted by atomic mass is 32.2. The van der Waals surface area contributed by atoms with Crippen molar-refractivity contribution in [3.63, 3.8) is 0 Å². The van der Waals surface area contributed by atoms with Crippen LogP contribution < -0.4 is 4.90 Å². The molecular weight excluding hydrogens is 473 g/mol. The van der Waals surface area contributed by atoms with Crippen LogP contribution in [-0.2, 0) is 17.2 Å². The maximum absolute atomic E-state index is 13.1. The molecule has 4 aromatic rings. The highest BCUT2D eigenvalue weighted by molar-refractivity contribution is 7.85. The van der Waals surface area contributed by atoms with Gasteiger partial charge in [0.15, 0.2) is 0 Å². The molecule has 0 radical (unpaired) electrons. The fourth-order valence-electron chi connectivity index (χ4n) is 4.30. The number of anilines is 1. The van der Waals surface area contributed by atoms with Gasteiger partial charge in [-0.15, -0.1) is 0 Å². The first-order chi connectivity index (χ1) is 16.9. The minimum absolute atomic E-state index is 0.296. The maximum atomic E-state index is 13.1. The summed E-state index contributed by atoms with van der Waals surface area (Å²) in [6.45, 7) is -2.21. The predicted octanol–water partition coefficient (Wildman–Crippen LogP) is 5.93. The summed E-state index contributed by atoms with van der Waals surface area (Å²) in [6, 6.07) is 26.7. The number of hydrogen-bond acceptors (Lipinski definition) is 3. The number of rotatable bonds is 6. The van der Waals surface area contributed by atoms with Crippen molar-refractivity contribution >= 4 is 27.4 Å². The van der Waals surface area contributed by atoms with Gasteiger partial charge in [-0.3, -0.25) is 4.21 Å². The predicted molar refractivity (Wildman–Crippen MR) is 135 cm³/mol.